The maximum atomic E-state index is 13.2. The van der Waals surface area contributed by atoms with Crippen molar-refractivity contribution in [3.05, 3.63) is 92.5 Å². The number of hydrogen-bond acceptors (Lipinski definition) is 7. The van der Waals surface area contributed by atoms with Gasteiger partial charge in [0, 0.05) is 0 Å². The molecule has 1 aliphatic heterocycles. The SMILES string of the molecule is CCOc1cc(/C=C2\SC(=O)N(Cc3ccc(F)cc3)C2=O)cc(Br)c1OC(=O)c1ccc(OC)cc1. The van der Waals surface area contributed by atoms with Crippen molar-refractivity contribution in [1.29, 1.82) is 0 Å². The van der Waals surface area contributed by atoms with Gasteiger partial charge in [-0.3, -0.25) is 14.5 Å². The number of imide groups is 1. The van der Waals surface area contributed by atoms with Crippen molar-refractivity contribution < 1.29 is 33.0 Å². The van der Waals surface area contributed by atoms with Crippen LogP contribution in [0.3, 0.4) is 0 Å². The highest BCUT2D eigenvalue weighted by atomic mass is 79.9. The van der Waals surface area contributed by atoms with Crippen LogP contribution in [0, 0.1) is 5.82 Å². The van der Waals surface area contributed by atoms with Crippen molar-refractivity contribution in [2.24, 2.45) is 0 Å². The fourth-order valence-corrected chi connectivity index (χ4v) is 4.85. The number of methoxy groups -OCH3 is 1. The van der Waals surface area contributed by atoms with Crippen LogP contribution in [0.1, 0.15) is 28.4 Å². The monoisotopic (exact) mass is 585 g/mol. The molecule has 0 atom stereocenters. The van der Waals surface area contributed by atoms with Crippen molar-refractivity contribution >= 4 is 50.9 Å². The van der Waals surface area contributed by atoms with Gasteiger partial charge in [0.05, 0.1) is 35.2 Å². The first-order valence-corrected chi connectivity index (χ1v) is 12.7. The van der Waals surface area contributed by atoms with Crippen molar-refractivity contribution in [3.63, 3.8) is 0 Å². The number of carbonyl (C=O) groups excluding carboxylic acids is 3. The summed E-state index contributed by atoms with van der Waals surface area (Å²) in [6.07, 6.45) is 1.57. The van der Waals surface area contributed by atoms with Crippen molar-refractivity contribution in [1.82, 2.24) is 4.90 Å². The molecule has 0 radical (unpaired) electrons. The molecule has 0 aromatic heterocycles. The number of halogens is 2. The number of hydrogen-bond donors (Lipinski definition) is 0. The predicted octanol–water partition coefficient (Wildman–Crippen LogP) is 6.45. The average molecular weight is 586 g/mol. The second kappa shape index (κ2) is 11.6. The predicted molar refractivity (Wildman–Crippen MR) is 141 cm³/mol. The highest BCUT2D eigenvalue weighted by molar-refractivity contribution is 9.10. The maximum Gasteiger partial charge on any atom is 0.343 e. The van der Waals surface area contributed by atoms with Crippen LogP contribution in [-0.2, 0) is 11.3 Å². The summed E-state index contributed by atoms with van der Waals surface area (Å²) >= 11 is 4.24. The van der Waals surface area contributed by atoms with E-state index in [1.165, 1.54) is 31.4 Å². The fraction of sp³-hybridized carbons (Fsp3) is 0.148. The second-order valence-electron chi connectivity index (χ2n) is 7.78. The highest BCUT2D eigenvalue weighted by Crippen LogP contribution is 2.40. The zero-order valence-corrected chi connectivity index (χ0v) is 22.2. The largest absolute Gasteiger partial charge is 0.497 e. The van der Waals surface area contributed by atoms with Crippen molar-refractivity contribution in [3.8, 4) is 17.2 Å². The molecule has 7 nitrogen and oxygen atoms in total. The maximum absolute atomic E-state index is 13.2. The van der Waals surface area contributed by atoms with Gasteiger partial charge in [0.2, 0.25) is 0 Å². The number of amides is 2. The lowest BCUT2D eigenvalue weighted by Gasteiger charge is -2.14. The van der Waals surface area contributed by atoms with Crippen molar-refractivity contribution in [2.45, 2.75) is 13.5 Å². The molecule has 0 spiro atoms. The van der Waals surface area contributed by atoms with Crippen molar-refractivity contribution in [2.75, 3.05) is 13.7 Å². The Morgan fingerprint density at radius 3 is 2.43 bits per heavy atom. The molecule has 190 valence electrons. The minimum Gasteiger partial charge on any atom is -0.497 e. The van der Waals surface area contributed by atoms with E-state index in [1.807, 2.05) is 0 Å². The van der Waals surface area contributed by atoms with Gasteiger partial charge in [-0.1, -0.05) is 12.1 Å². The van der Waals surface area contributed by atoms with E-state index in [0.29, 0.717) is 33.5 Å². The molecule has 0 bridgehead atoms. The molecule has 0 aliphatic carbocycles. The topological polar surface area (TPSA) is 82.1 Å². The number of nitrogens with zero attached hydrogens (tertiary/aromatic N) is 1. The molecule has 0 unspecified atom stereocenters. The number of ether oxygens (including phenoxy) is 3. The average Bonchev–Trinajstić information content (AvgIpc) is 3.14. The van der Waals surface area contributed by atoms with Gasteiger partial charge in [-0.25, -0.2) is 9.18 Å². The number of esters is 1. The third-order valence-corrected chi connectivity index (χ3v) is 6.77. The minimum atomic E-state index is -0.584. The van der Waals surface area contributed by atoms with Gasteiger partial charge < -0.3 is 14.2 Å². The molecular weight excluding hydrogens is 565 g/mol. The summed E-state index contributed by atoms with van der Waals surface area (Å²) in [5.41, 5.74) is 1.52. The molecular formula is C27H21BrFNO6S. The summed E-state index contributed by atoms with van der Waals surface area (Å²) in [5.74, 6) is -0.354. The molecule has 3 aromatic rings. The third-order valence-electron chi connectivity index (χ3n) is 5.28. The Kier molecular flexibility index (Phi) is 8.30. The quantitative estimate of drug-likeness (QED) is 0.171. The molecule has 1 aliphatic rings. The van der Waals surface area contributed by atoms with Gasteiger partial charge >= 0.3 is 5.97 Å². The molecule has 0 N–H and O–H groups in total. The second-order valence-corrected chi connectivity index (χ2v) is 9.62. The molecule has 1 saturated heterocycles. The molecule has 3 aromatic carbocycles. The van der Waals surface area contributed by atoms with Gasteiger partial charge in [-0.15, -0.1) is 0 Å². The fourth-order valence-electron chi connectivity index (χ4n) is 3.47. The van der Waals surface area contributed by atoms with E-state index >= 15 is 0 Å². The van der Waals surface area contributed by atoms with Crippen LogP contribution >= 0.6 is 27.7 Å². The van der Waals surface area contributed by atoms with Crippen LogP contribution < -0.4 is 14.2 Å². The lowest BCUT2D eigenvalue weighted by atomic mass is 10.1. The summed E-state index contributed by atoms with van der Waals surface area (Å²) in [5, 5.41) is -0.422. The Morgan fingerprint density at radius 1 is 1.08 bits per heavy atom. The lowest BCUT2D eigenvalue weighted by molar-refractivity contribution is -0.123. The Hall–Kier alpha value is -3.63. The Labute approximate surface area is 225 Å². The van der Waals surface area contributed by atoms with Crippen LogP contribution in [0.25, 0.3) is 6.08 Å². The lowest BCUT2D eigenvalue weighted by Crippen LogP contribution is -2.27. The summed E-state index contributed by atoms with van der Waals surface area (Å²) in [6.45, 7) is 2.13. The smallest absolute Gasteiger partial charge is 0.343 e. The molecule has 37 heavy (non-hydrogen) atoms. The highest BCUT2D eigenvalue weighted by Gasteiger charge is 2.35. The van der Waals surface area contributed by atoms with Gasteiger partial charge in [0.1, 0.15) is 11.6 Å². The Morgan fingerprint density at radius 2 is 1.78 bits per heavy atom. The number of benzene rings is 3. The van der Waals surface area contributed by atoms with E-state index in [2.05, 4.69) is 15.9 Å². The Balaban J connectivity index is 1.56. The first-order chi connectivity index (χ1) is 17.8. The van der Waals surface area contributed by atoms with E-state index in [0.717, 1.165) is 16.7 Å². The zero-order chi connectivity index (χ0) is 26.5. The van der Waals surface area contributed by atoms with E-state index in [9.17, 15) is 18.8 Å². The normalized spacial score (nSPS) is 14.3. The van der Waals surface area contributed by atoms with E-state index in [4.69, 9.17) is 14.2 Å². The summed E-state index contributed by atoms with van der Waals surface area (Å²) in [4.78, 5) is 39.5. The van der Waals surface area contributed by atoms with Gasteiger partial charge in [-0.2, -0.15) is 0 Å². The van der Waals surface area contributed by atoms with Crippen LogP contribution in [0.5, 0.6) is 17.2 Å². The van der Waals surface area contributed by atoms with Crippen LogP contribution in [0.2, 0.25) is 0 Å². The van der Waals surface area contributed by atoms with Crippen LogP contribution in [-0.4, -0.2) is 35.7 Å². The van der Waals surface area contributed by atoms with Gasteiger partial charge in [0.15, 0.2) is 11.5 Å². The molecule has 1 heterocycles. The first kappa shape index (κ1) is 26.4. The third kappa shape index (κ3) is 6.20. The Bertz CT molecular complexity index is 1370. The molecule has 10 heteroatoms. The molecule has 0 saturated carbocycles. The number of carbonyl (C=O) groups is 3. The van der Waals surface area contributed by atoms with E-state index < -0.39 is 22.9 Å². The first-order valence-electron chi connectivity index (χ1n) is 11.1. The summed E-state index contributed by atoms with van der Waals surface area (Å²) < 4.78 is 30.0. The molecule has 2 amide bonds. The standard InChI is InChI=1S/C27H21BrFNO6S/c1-3-35-22-13-17(12-21(28)24(22)36-26(32)18-6-10-20(34-2)11-7-18)14-23-25(31)30(27(33)37-23)15-16-4-8-19(29)9-5-16/h4-14H,3,15H2,1-2H3/b23-14-. The van der Waals surface area contributed by atoms with Gasteiger partial charge in [0.25, 0.3) is 11.1 Å². The molecule has 1 fully saturated rings. The minimum absolute atomic E-state index is 0.0381. The summed E-state index contributed by atoms with van der Waals surface area (Å²) in [6, 6.07) is 15.4. The van der Waals surface area contributed by atoms with E-state index in [-0.39, 0.29) is 22.9 Å². The number of thioether (sulfide) groups is 1. The molecule has 4 rings (SSSR count). The summed E-state index contributed by atoms with van der Waals surface area (Å²) in [7, 11) is 1.53. The number of rotatable bonds is 8. The van der Waals surface area contributed by atoms with Crippen LogP contribution in [0.4, 0.5) is 9.18 Å². The van der Waals surface area contributed by atoms with Gasteiger partial charge in [-0.05, 0) is 100 Å². The van der Waals surface area contributed by atoms with Crippen LogP contribution in [0.15, 0.2) is 70.0 Å². The van der Waals surface area contributed by atoms with E-state index in [1.54, 1.807) is 49.4 Å². The zero-order valence-electron chi connectivity index (χ0n) is 19.8.